The highest BCUT2D eigenvalue weighted by Gasteiger charge is 2.22. The molecule has 1 N–H and O–H groups in total. The molecule has 9 rings (SSSR count). The number of nitrogens with one attached hydrogen (secondary N) is 1. The quantitative estimate of drug-likeness (QED) is 0.178. The lowest BCUT2D eigenvalue weighted by Crippen LogP contribution is -2.38. The van der Waals surface area contributed by atoms with E-state index in [0.717, 1.165) is 93.0 Å². The SMILES string of the molecule is C.Cc1noc(C)c1-c1cnc2[nH]c(=O)n(Cc3ccccc3)c2c1.Cc1noc(C)c1-c1cnc2nc(N3CCOCC3)n(Cc3ccccc3)c2c1. The number of nitrogens with zero attached hydrogens (tertiary/aromatic N) is 8. The van der Waals surface area contributed by atoms with Gasteiger partial charge in [0.05, 0.1) is 48.7 Å². The zero-order valence-electron chi connectivity index (χ0n) is 30.0. The second-order valence-corrected chi connectivity index (χ2v) is 13.1. The normalized spacial score (nSPS) is 12.9. The van der Waals surface area contributed by atoms with Gasteiger partial charge in [0.2, 0.25) is 5.95 Å². The summed E-state index contributed by atoms with van der Waals surface area (Å²) in [6, 6.07) is 24.4. The Labute approximate surface area is 312 Å². The predicted octanol–water partition coefficient (Wildman–Crippen LogP) is 7.27. The van der Waals surface area contributed by atoms with Crippen LogP contribution < -0.4 is 10.6 Å². The number of anilines is 1. The molecule has 8 aromatic rings. The second kappa shape index (κ2) is 15.3. The van der Waals surface area contributed by atoms with Crippen LogP contribution in [0.15, 0.2) is 99.0 Å². The number of H-pyrrole nitrogens is 1. The van der Waals surface area contributed by atoms with Crippen molar-refractivity contribution in [2.24, 2.45) is 0 Å². The molecule has 13 heteroatoms. The molecule has 1 fully saturated rings. The van der Waals surface area contributed by atoms with Gasteiger partial charge in [-0.25, -0.2) is 14.8 Å². The van der Waals surface area contributed by atoms with Gasteiger partial charge in [-0.15, -0.1) is 0 Å². The molecule has 0 radical (unpaired) electrons. The zero-order chi connectivity index (χ0) is 36.5. The monoisotopic (exact) mass is 725 g/mol. The van der Waals surface area contributed by atoms with Crippen LogP contribution in [0.4, 0.5) is 5.95 Å². The first-order valence-electron chi connectivity index (χ1n) is 17.6. The van der Waals surface area contributed by atoms with E-state index in [9.17, 15) is 4.79 Å². The molecular weight excluding hydrogens is 683 g/mol. The minimum atomic E-state index is -0.169. The number of benzene rings is 2. The molecule has 0 saturated carbocycles. The first kappa shape index (κ1) is 36.0. The fourth-order valence-electron chi connectivity index (χ4n) is 6.94. The highest BCUT2D eigenvalue weighted by atomic mass is 16.5. The highest BCUT2D eigenvalue weighted by Crippen LogP contribution is 2.31. The maximum atomic E-state index is 12.3. The van der Waals surface area contributed by atoms with E-state index in [1.165, 1.54) is 5.56 Å². The van der Waals surface area contributed by atoms with Gasteiger partial charge in [-0.05, 0) is 51.0 Å². The summed E-state index contributed by atoms with van der Waals surface area (Å²) in [5.74, 6) is 2.47. The van der Waals surface area contributed by atoms with Crippen LogP contribution in [0.25, 0.3) is 44.6 Å². The third-order valence-electron chi connectivity index (χ3n) is 9.52. The van der Waals surface area contributed by atoms with Crippen molar-refractivity contribution in [2.45, 2.75) is 48.2 Å². The van der Waals surface area contributed by atoms with Crippen molar-refractivity contribution in [1.82, 2.24) is 39.4 Å². The highest BCUT2D eigenvalue weighted by molar-refractivity contribution is 5.82. The number of hydrogen-bond acceptors (Lipinski definition) is 10. The molecule has 0 amide bonds. The summed E-state index contributed by atoms with van der Waals surface area (Å²) < 4.78 is 20.1. The first-order chi connectivity index (χ1) is 25.8. The summed E-state index contributed by atoms with van der Waals surface area (Å²) in [4.78, 5) is 31.4. The molecule has 1 aliphatic heterocycles. The largest absolute Gasteiger partial charge is 0.378 e. The van der Waals surface area contributed by atoms with Crippen LogP contribution in [0, 0.1) is 27.7 Å². The lowest BCUT2D eigenvalue weighted by molar-refractivity contribution is 0.121. The van der Waals surface area contributed by atoms with Gasteiger partial charge in [-0.1, -0.05) is 78.4 Å². The van der Waals surface area contributed by atoms with E-state index in [1.54, 1.807) is 10.8 Å². The molecule has 0 atom stereocenters. The standard InChI is InChI=1S/C22H23N5O2.C18H16N4O2.CH4/c1-15-20(16(2)29-25-15)18-12-19-21(23-13-18)24-22(26-8-10-28-11-9-26)27(19)14-17-6-4-3-5-7-17;1-11-16(12(2)24-21-11)14-8-15-17(19-9-14)20-18(23)22(15)10-13-6-4-3-5-7-13;/h3-7,12-13H,8-11,14H2,1-2H3;3-9H,10H2,1-2H3,(H,19,20,23);1H4. The number of aromatic amines is 1. The van der Waals surface area contributed by atoms with Crippen molar-refractivity contribution in [3.8, 4) is 22.3 Å². The average Bonchev–Trinajstić information content (AvgIpc) is 3.91. The van der Waals surface area contributed by atoms with Crippen LogP contribution in [0.1, 0.15) is 41.5 Å². The third kappa shape index (κ3) is 7.05. The number of imidazole rings is 2. The van der Waals surface area contributed by atoms with Gasteiger partial charge in [-0.3, -0.25) is 9.55 Å². The Morgan fingerprint density at radius 1 is 0.704 bits per heavy atom. The fourth-order valence-corrected chi connectivity index (χ4v) is 6.94. The van der Waals surface area contributed by atoms with Gasteiger partial charge in [-0.2, -0.15) is 4.98 Å². The molecule has 54 heavy (non-hydrogen) atoms. The van der Waals surface area contributed by atoms with E-state index >= 15 is 0 Å². The summed E-state index contributed by atoms with van der Waals surface area (Å²) in [5.41, 5.74) is 10.7. The molecule has 0 aliphatic carbocycles. The van der Waals surface area contributed by atoms with Gasteiger partial charge < -0.3 is 23.3 Å². The molecule has 0 unspecified atom stereocenters. The molecular formula is C41H43N9O4. The Bertz CT molecular complexity index is 2540. The van der Waals surface area contributed by atoms with Crippen LogP contribution in [-0.4, -0.2) is 65.7 Å². The smallest absolute Gasteiger partial charge is 0.327 e. The minimum Gasteiger partial charge on any atom is -0.378 e. The van der Waals surface area contributed by atoms with Crippen LogP contribution in [0.3, 0.4) is 0 Å². The number of pyridine rings is 2. The summed E-state index contributed by atoms with van der Waals surface area (Å²) >= 11 is 0. The maximum absolute atomic E-state index is 12.3. The topological polar surface area (TPSA) is 146 Å². The molecule has 0 bridgehead atoms. The third-order valence-corrected chi connectivity index (χ3v) is 9.52. The van der Waals surface area contributed by atoms with E-state index in [-0.39, 0.29) is 13.1 Å². The van der Waals surface area contributed by atoms with Crippen LogP contribution in [0.5, 0.6) is 0 Å². The first-order valence-corrected chi connectivity index (χ1v) is 17.6. The zero-order valence-corrected chi connectivity index (χ0v) is 30.0. The van der Waals surface area contributed by atoms with Gasteiger partial charge in [0.15, 0.2) is 11.3 Å². The molecule has 2 aromatic carbocycles. The number of morpholine rings is 1. The summed E-state index contributed by atoms with van der Waals surface area (Å²) in [5, 5.41) is 8.08. The summed E-state index contributed by atoms with van der Waals surface area (Å²) in [7, 11) is 0. The number of aromatic nitrogens is 8. The molecule has 1 saturated heterocycles. The average molecular weight is 726 g/mol. The van der Waals surface area contributed by atoms with Crippen molar-refractivity contribution in [1.29, 1.82) is 0 Å². The van der Waals surface area contributed by atoms with E-state index in [1.807, 2.05) is 76.4 Å². The van der Waals surface area contributed by atoms with Crippen molar-refractivity contribution in [3.05, 3.63) is 130 Å². The number of hydrogen-bond donors (Lipinski definition) is 1. The molecule has 6 aromatic heterocycles. The Morgan fingerprint density at radius 3 is 1.80 bits per heavy atom. The van der Waals surface area contributed by atoms with Crippen LogP contribution >= 0.6 is 0 Å². The molecule has 0 spiro atoms. The van der Waals surface area contributed by atoms with Crippen molar-refractivity contribution >= 4 is 28.3 Å². The maximum Gasteiger partial charge on any atom is 0.327 e. The van der Waals surface area contributed by atoms with Crippen molar-refractivity contribution in [2.75, 3.05) is 31.2 Å². The predicted molar refractivity (Wildman–Crippen MR) is 209 cm³/mol. The number of fused-ring (bicyclic) bond motifs is 2. The molecule has 7 heterocycles. The Morgan fingerprint density at radius 2 is 1.24 bits per heavy atom. The minimum absolute atomic E-state index is 0. The Kier molecular flexibility index (Phi) is 10.2. The van der Waals surface area contributed by atoms with Crippen LogP contribution in [0.2, 0.25) is 0 Å². The number of ether oxygens (including phenoxy) is 1. The van der Waals surface area contributed by atoms with Gasteiger partial charge >= 0.3 is 5.69 Å². The lowest BCUT2D eigenvalue weighted by Gasteiger charge is -2.28. The molecule has 276 valence electrons. The van der Waals surface area contributed by atoms with Gasteiger partial charge in [0.25, 0.3) is 0 Å². The fraction of sp³-hybridized carbons (Fsp3) is 0.268. The Balaban J connectivity index is 0.000000166. The van der Waals surface area contributed by atoms with Crippen molar-refractivity contribution < 1.29 is 13.8 Å². The van der Waals surface area contributed by atoms with E-state index in [2.05, 4.69) is 65.1 Å². The van der Waals surface area contributed by atoms with Gasteiger partial charge in [0.1, 0.15) is 11.5 Å². The Hall–Kier alpha value is -6.34. The molecule has 1 aliphatic rings. The second-order valence-electron chi connectivity index (χ2n) is 13.1. The van der Waals surface area contributed by atoms with Crippen LogP contribution in [-0.2, 0) is 17.8 Å². The van der Waals surface area contributed by atoms with E-state index in [0.29, 0.717) is 25.4 Å². The number of rotatable bonds is 7. The van der Waals surface area contributed by atoms with E-state index < -0.39 is 0 Å². The molecule has 13 nitrogen and oxygen atoms in total. The van der Waals surface area contributed by atoms with E-state index in [4.69, 9.17) is 18.8 Å². The van der Waals surface area contributed by atoms with Gasteiger partial charge in [0, 0.05) is 47.7 Å². The summed E-state index contributed by atoms with van der Waals surface area (Å²) in [6.45, 7) is 12.0. The number of aryl methyl sites for hydroxylation is 4. The van der Waals surface area contributed by atoms with Crippen molar-refractivity contribution in [3.63, 3.8) is 0 Å². The summed E-state index contributed by atoms with van der Waals surface area (Å²) in [6.07, 6.45) is 3.59. The lowest BCUT2D eigenvalue weighted by atomic mass is 10.1.